The molecule has 0 N–H and O–H groups in total. The maximum Gasteiger partial charge on any atom is 0.247 e. The van der Waals surface area contributed by atoms with Gasteiger partial charge in [-0.3, -0.25) is 4.90 Å². The summed E-state index contributed by atoms with van der Waals surface area (Å²) in [5.74, 6) is 1.22. The summed E-state index contributed by atoms with van der Waals surface area (Å²) in [5, 5.41) is 8.54. The SMILES string of the molecule is Cc1cccc(-c2nnc(C(C)N3CCOC(c4ccccc4)C3)o2)c1. The molecule has 1 fully saturated rings. The van der Waals surface area contributed by atoms with E-state index in [0.29, 0.717) is 18.4 Å². The Morgan fingerprint density at radius 3 is 2.73 bits per heavy atom. The lowest BCUT2D eigenvalue weighted by Gasteiger charge is -2.35. The number of rotatable bonds is 4. The molecule has 2 aromatic carbocycles. The lowest BCUT2D eigenvalue weighted by Crippen LogP contribution is -2.40. The highest BCUT2D eigenvalue weighted by molar-refractivity contribution is 5.53. The number of hydrogen-bond acceptors (Lipinski definition) is 5. The summed E-state index contributed by atoms with van der Waals surface area (Å²) in [5.41, 5.74) is 3.34. The van der Waals surface area contributed by atoms with E-state index < -0.39 is 0 Å². The number of morpholine rings is 1. The Kier molecular flexibility index (Phi) is 4.82. The van der Waals surface area contributed by atoms with Crippen LogP contribution in [0.4, 0.5) is 0 Å². The fraction of sp³-hybridized carbons (Fsp3) is 0.333. The van der Waals surface area contributed by atoms with Gasteiger partial charge in [-0.25, -0.2) is 0 Å². The van der Waals surface area contributed by atoms with Crippen LogP contribution < -0.4 is 0 Å². The Balaban J connectivity index is 1.50. The molecular weight excluding hydrogens is 326 g/mol. The molecule has 0 saturated carbocycles. The second-order valence-corrected chi connectivity index (χ2v) is 6.76. The number of ether oxygens (including phenoxy) is 1. The summed E-state index contributed by atoms with van der Waals surface area (Å²) in [7, 11) is 0. The van der Waals surface area contributed by atoms with Gasteiger partial charge in [0.05, 0.1) is 18.8 Å². The van der Waals surface area contributed by atoms with Crippen molar-refractivity contribution in [3.05, 3.63) is 71.6 Å². The number of aromatic nitrogens is 2. The summed E-state index contributed by atoms with van der Waals surface area (Å²) in [6.07, 6.45) is 0.0755. The van der Waals surface area contributed by atoms with Crippen LogP contribution in [0.15, 0.2) is 59.0 Å². The smallest absolute Gasteiger partial charge is 0.247 e. The third-order valence-electron chi connectivity index (χ3n) is 4.88. The molecule has 0 bridgehead atoms. The molecule has 1 aliphatic heterocycles. The van der Waals surface area contributed by atoms with Crippen molar-refractivity contribution in [2.75, 3.05) is 19.7 Å². The highest BCUT2D eigenvalue weighted by atomic mass is 16.5. The quantitative estimate of drug-likeness (QED) is 0.707. The molecule has 1 aliphatic rings. The van der Waals surface area contributed by atoms with Gasteiger partial charge in [-0.05, 0) is 31.5 Å². The van der Waals surface area contributed by atoms with Crippen LogP contribution in [0, 0.1) is 6.92 Å². The van der Waals surface area contributed by atoms with Gasteiger partial charge in [0, 0.05) is 18.7 Å². The number of hydrogen-bond donors (Lipinski definition) is 0. The molecule has 2 heterocycles. The van der Waals surface area contributed by atoms with Gasteiger partial charge < -0.3 is 9.15 Å². The molecule has 5 heteroatoms. The average Bonchev–Trinajstić information content (AvgIpc) is 3.18. The van der Waals surface area contributed by atoms with Crippen LogP contribution in [0.5, 0.6) is 0 Å². The fourth-order valence-electron chi connectivity index (χ4n) is 3.34. The second kappa shape index (κ2) is 7.40. The Labute approximate surface area is 153 Å². The molecule has 0 radical (unpaired) electrons. The van der Waals surface area contributed by atoms with E-state index in [4.69, 9.17) is 9.15 Å². The first-order valence-corrected chi connectivity index (χ1v) is 9.02. The predicted octanol–water partition coefficient (Wildman–Crippen LogP) is 4.18. The molecule has 5 nitrogen and oxygen atoms in total. The molecule has 0 aliphatic carbocycles. The summed E-state index contributed by atoms with van der Waals surface area (Å²) < 4.78 is 11.9. The predicted molar refractivity (Wildman–Crippen MR) is 99.6 cm³/mol. The zero-order valence-electron chi connectivity index (χ0n) is 15.1. The molecule has 134 valence electrons. The van der Waals surface area contributed by atoms with Crippen molar-refractivity contribution in [1.29, 1.82) is 0 Å². The van der Waals surface area contributed by atoms with Gasteiger partial charge in [-0.15, -0.1) is 10.2 Å². The van der Waals surface area contributed by atoms with Crippen molar-refractivity contribution in [2.45, 2.75) is 26.0 Å². The van der Waals surface area contributed by atoms with Gasteiger partial charge in [-0.2, -0.15) is 0 Å². The first-order valence-electron chi connectivity index (χ1n) is 9.02. The van der Waals surface area contributed by atoms with Crippen LogP contribution in [0.1, 0.15) is 36.1 Å². The van der Waals surface area contributed by atoms with E-state index in [1.54, 1.807) is 0 Å². The van der Waals surface area contributed by atoms with Gasteiger partial charge in [0.25, 0.3) is 0 Å². The average molecular weight is 349 g/mol. The minimum absolute atomic E-state index is 0.0520. The molecule has 4 rings (SSSR count). The van der Waals surface area contributed by atoms with E-state index in [0.717, 1.165) is 18.7 Å². The van der Waals surface area contributed by atoms with E-state index in [9.17, 15) is 0 Å². The molecule has 2 unspecified atom stereocenters. The molecule has 3 aromatic rings. The van der Waals surface area contributed by atoms with Crippen molar-refractivity contribution in [2.24, 2.45) is 0 Å². The molecule has 2 atom stereocenters. The van der Waals surface area contributed by atoms with Crippen LogP contribution in [-0.2, 0) is 4.74 Å². The molecular formula is C21H23N3O2. The summed E-state index contributed by atoms with van der Waals surface area (Å²) in [6.45, 7) is 6.53. The normalized spacial score (nSPS) is 19.4. The topological polar surface area (TPSA) is 51.4 Å². The van der Waals surface area contributed by atoms with Crippen LogP contribution in [0.3, 0.4) is 0 Å². The van der Waals surface area contributed by atoms with Gasteiger partial charge in [-0.1, -0.05) is 48.0 Å². The summed E-state index contributed by atoms with van der Waals surface area (Å²) in [4.78, 5) is 2.34. The highest BCUT2D eigenvalue weighted by Crippen LogP contribution is 2.29. The van der Waals surface area contributed by atoms with Crippen LogP contribution in [0.25, 0.3) is 11.5 Å². The first-order chi connectivity index (χ1) is 12.7. The third-order valence-corrected chi connectivity index (χ3v) is 4.88. The van der Waals surface area contributed by atoms with Crippen LogP contribution >= 0.6 is 0 Å². The van der Waals surface area contributed by atoms with E-state index in [-0.39, 0.29) is 12.1 Å². The fourth-order valence-corrected chi connectivity index (χ4v) is 3.34. The lowest BCUT2D eigenvalue weighted by molar-refractivity contribution is -0.0463. The van der Waals surface area contributed by atoms with Gasteiger partial charge in [0.2, 0.25) is 11.8 Å². The molecule has 0 amide bonds. The van der Waals surface area contributed by atoms with Crippen LogP contribution in [0.2, 0.25) is 0 Å². The monoisotopic (exact) mass is 349 g/mol. The Morgan fingerprint density at radius 2 is 1.92 bits per heavy atom. The summed E-state index contributed by atoms with van der Waals surface area (Å²) >= 11 is 0. The van der Waals surface area contributed by atoms with E-state index in [2.05, 4.69) is 53.2 Å². The number of aryl methyl sites for hydroxylation is 1. The van der Waals surface area contributed by atoms with Crippen molar-refractivity contribution in [1.82, 2.24) is 15.1 Å². The van der Waals surface area contributed by atoms with Crippen molar-refractivity contribution in [3.63, 3.8) is 0 Å². The van der Waals surface area contributed by atoms with Gasteiger partial charge >= 0.3 is 0 Å². The minimum atomic E-state index is 0.0520. The Hall–Kier alpha value is -2.50. The zero-order valence-corrected chi connectivity index (χ0v) is 15.1. The first kappa shape index (κ1) is 16.9. The van der Waals surface area contributed by atoms with Crippen molar-refractivity contribution < 1.29 is 9.15 Å². The van der Waals surface area contributed by atoms with Crippen molar-refractivity contribution in [3.8, 4) is 11.5 Å². The van der Waals surface area contributed by atoms with E-state index in [1.807, 2.05) is 30.3 Å². The van der Waals surface area contributed by atoms with E-state index >= 15 is 0 Å². The number of nitrogens with zero attached hydrogens (tertiary/aromatic N) is 3. The molecule has 1 aromatic heterocycles. The van der Waals surface area contributed by atoms with Gasteiger partial charge in [0.15, 0.2) is 0 Å². The Bertz CT molecular complexity index is 862. The Morgan fingerprint density at radius 1 is 1.08 bits per heavy atom. The largest absolute Gasteiger partial charge is 0.419 e. The minimum Gasteiger partial charge on any atom is -0.419 e. The van der Waals surface area contributed by atoms with Gasteiger partial charge in [0.1, 0.15) is 0 Å². The maximum absolute atomic E-state index is 5.98. The molecule has 1 saturated heterocycles. The lowest BCUT2D eigenvalue weighted by atomic mass is 10.1. The van der Waals surface area contributed by atoms with E-state index in [1.165, 1.54) is 11.1 Å². The second-order valence-electron chi connectivity index (χ2n) is 6.76. The highest BCUT2D eigenvalue weighted by Gasteiger charge is 2.28. The van der Waals surface area contributed by atoms with Crippen LogP contribution in [-0.4, -0.2) is 34.8 Å². The zero-order chi connectivity index (χ0) is 17.9. The third kappa shape index (κ3) is 3.54. The molecule has 0 spiro atoms. The summed E-state index contributed by atoms with van der Waals surface area (Å²) in [6, 6.07) is 18.5. The van der Waals surface area contributed by atoms with Crippen molar-refractivity contribution >= 4 is 0 Å². The maximum atomic E-state index is 5.98. The molecule has 26 heavy (non-hydrogen) atoms. The standard InChI is InChI=1S/C21H23N3O2/c1-15-7-6-10-18(13-15)21-23-22-20(26-21)16(2)24-11-12-25-19(14-24)17-8-4-3-5-9-17/h3-10,13,16,19H,11-12,14H2,1-2H3. The number of benzene rings is 2.